The molecular weight excluding hydrogens is 300 g/mol. The Morgan fingerprint density at radius 2 is 1.92 bits per heavy atom. The zero-order valence-corrected chi connectivity index (χ0v) is 15.0. The highest BCUT2D eigenvalue weighted by Crippen LogP contribution is 2.39. The van der Waals surface area contributed by atoms with Gasteiger partial charge in [-0.1, -0.05) is 18.2 Å². The van der Waals surface area contributed by atoms with Crippen LogP contribution in [0.15, 0.2) is 30.3 Å². The van der Waals surface area contributed by atoms with Crippen molar-refractivity contribution in [1.29, 1.82) is 0 Å². The molecule has 0 aromatic heterocycles. The molecule has 0 spiro atoms. The maximum Gasteiger partial charge on any atom is 0.222 e. The predicted molar refractivity (Wildman–Crippen MR) is 96.1 cm³/mol. The number of fused-ring (bicyclic) bond motifs is 1. The molecular formula is C20H30N2O2. The number of hydrogen-bond acceptors (Lipinski definition) is 3. The minimum atomic E-state index is 0.331. The van der Waals surface area contributed by atoms with Gasteiger partial charge in [0.05, 0.1) is 6.61 Å². The second kappa shape index (κ2) is 8.02. The van der Waals surface area contributed by atoms with Crippen LogP contribution in [0, 0.1) is 11.8 Å². The van der Waals surface area contributed by atoms with Gasteiger partial charge in [0.25, 0.3) is 0 Å². The molecule has 4 heteroatoms. The van der Waals surface area contributed by atoms with Crippen molar-refractivity contribution in [3.63, 3.8) is 0 Å². The number of benzene rings is 1. The molecule has 1 saturated heterocycles. The van der Waals surface area contributed by atoms with Crippen LogP contribution in [0.2, 0.25) is 0 Å². The molecule has 0 bridgehead atoms. The van der Waals surface area contributed by atoms with Crippen LogP contribution in [-0.4, -0.2) is 55.5 Å². The molecule has 2 aliphatic rings. The van der Waals surface area contributed by atoms with E-state index in [9.17, 15) is 4.79 Å². The molecule has 1 aliphatic carbocycles. The lowest BCUT2D eigenvalue weighted by atomic mass is 9.88. The lowest BCUT2D eigenvalue weighted by Crippen LogP contribution is -2.39. The van der Waals surface area contributed by atoms with Crippen LogP contribution in [0.3, 0.4) is 0 Å². The lowest BCUT2D eigenvalue weighted by molar-refractivity contribution is -0.134. The summed E-state index contributed by atoms with van der Waals surface area (Å²) in [5, 5.41) is 0. The SMILES string of the molecule is CN1C[C@@H]2C[C@H](N(C)CCCCOc3ccccc3)C[C@@H]2CC1=O. The Balaban J connectivity index is 1.34. The topological polar surface area (TPSA) is 32.8 Å². The predicted octanol–water partition coefficient (Wildman–Crippen LogP) is 3.03. The molecule has 0 N–H and O–H groups in total. The number of carbonyl (C=O) groups is 1. The molecule has 132 valence electrons. The fourth-order valence-corrected chi connectivity index (χ4v) is 4.20. The first kappa shape index (κ1) is 17.3. The van der Waals surface area contributed by atoms with Crippen molar-refractivity contribution < 1.29 is 9.53 Å². The molecule has 3 atom stereocenters. The number of carbonyl (C=O) groups excluding carboxylic acids is 1. The van der Waals surface area contributed by atoms with Crippen molar-refractivity contribution in [2.75, 3.05) is 33.8 Å². The minimum absolute atomic E-state index is 0.331. The molecule has 24 heavy (non-hydrogen) atoms. The van der Waals surface area contributed by atoms with E-state index in [4.69, 9.17) is 4.74 Å². The Kier molecular flexibility index (Phi) is 5.77. The maximum absolute atomic E-state index is 11.9. The van der Waals surface area contributed by atoms with Crippen molar-refractivity contribution in [3.05, 3.63) is 30.3 Å². The van der Waals surface area contributed by atoms with Gasteiger partial charge in [-0.25, -0.2) is 0 Å². The fraction of sp³-hybridized carbons (Fsp3) is 0.650. The van der Waals surface area contributed by atoms with Gasteiger partial charge in [0.15, 0.2) is 0 Å². The van der Waals surface area contributed by atoms with Gasteiger partial charge in [0.2, 0.25) is 5.91 Å². The number of hydrogen-bond donors (Lipinski definition) is 0. The van der Waals surface area contributed by atoms with Gasteiger partial charge in [-0.15, -0.1) is 0 Å². The third-order valence-electron chi connectivity index (χ3n) is 5.73. The number of unbranched alkanes of at least 4 members (excludes halogenated alkanes) is 1. The molecule has 1 amide bonds. The van der Waals surface area contributed by atoms with E-state index in [-0.39, 0.29) is 0 Å². The van der Waals surface area contributed by atoms with Gasteiger partial charge in [0.1, 0.15) is 5.75 Å². The Hall–Kier alpha value is -1.55. The molecule has 2 fully saturated rings. The highest BCUT2D eigenvalue weighted by molar-refractivity contribution is 5.77. The van der Waals surface area contributed by atoms with E-state index in [2.05, 4.69) is 11.9 Å². The van der Waals surface area contributed by atoms with Gasteiger partial charge in [-0.2, -0.15) is 0 Å². The zero-order valence-electron chi connectivity index (χ0n) is 15.0. The Bertz CT molecular complexity index is 534. The van der Waals surface area contributed by atoms with E-state index < -0.39 is 0 Å². The highest BCUT2D eigenvalue weighted by Gasteiger charge is 2.41. The second-order valence-corrected chi connectivity index (χ2v) is 7.47. The van der Waals surface area contributed by atoms with Crippen LogP contribution in [0.25, 0.3) is 0 Å². The van der Waals surface area contributed by atoms with Crippen molar-refractivity contribution >= 4 is 5.91 Å². The van der Waals surface area contributed by atoms with Gasteiger partial charge >= 0.3 is 0 Å². The van der Waals surface area contributed by atoms with Crippen molar-refractivity contribution in [1.82, 2.24) is 9.80 Å². The number of rotatable bonds is 7. The van der Waals surface area contributed by atoms with Crippen molar-refractivity contribution in [2.24, 2.45) is 11.8 Å². The number of ether oxygens (including phenoxy) is 1. The standard InChI is InChI=1S/C20H30N2O2/c1-21(10-6-7-11-24-19-8-4-3-5-9-19)18-12-16-14-20(23)22(2)15-17(16)13-18/h3-5,8-9,16-18H,6-7,10-15H2,1-2H3/t16-,17+,18-/m1/s1. The number of nitrogens with zero attached hydrogens (tertiary/aromatic N) is 2. The van der Waals surface area contributed by atoms with E-state index in [0.29, 0.717) is 23.8 Å². The molecule has 1 heterocycles. The smallest absolute Gasteiger partial charge is 0.222 e. The molecule has 1 aromatic rings. The van der Waals surface area contributed by atoms with Crippen molar-refractivity contribution in [2.45, 2.75) is 38.1 Å². The summed E-state index contributed by atoms with van der Waals surface area (Å²) in [6, 6.07) is 10.7. The largest absolute Gasteiger partial charge is 0.494 e. The lowest BCUT2D eigenvalue weighted by Gasteiger charge is -2.31. The van der Waals surface area contributed by atoms with Gasteiger partial charge in [-0.05, 0) is 63.2 Å². The summed E-state index contributed by atoms with van der Waals surface area (Å²) in [7, 11) is 4.19. The summed E-state index contributed by atoms with van der Waals surface area (Å²) in [4.78, 5) is 16.3. The zero-order chi connectivity index (χ0) is 16.9. The third-order valence-corrected chi connectivity index (χ3v) is 5.73. The van der Waals surface area contributed by atoms with E-state index in [1.165, 1.54) is 12.8 Å². The maximum atomic E-state index is 11.9. The third kappa shape index (κ3) is 4.29. The van der Waals surface area contributed by atoms with E-state index in [1.54, 1.807) is 0 Å². The van der Waals surface area contributed by atoms with Crippen LogP contribution >= 0.6 is 0 Å². The van der Waals surface area contributed by atoms with Crippen LogP contribution in [-0.2, 0) is 4.79 Å². The number of para-hydroxylation sites is 1. The van der Waals surface area contributed by atoms with Crippen LogP contribution < -0.4 is 4.74 Å². The van der Waals surface area contributed by atoms with Crippen LogP contribution in [0.1, 0.15) is 32.1 Å². The molecule has 4 nitrogen and oxygen atoms in total. The first-order valence-corrected chi connectivity index (χ1v) is 9.25. The monoisotopic (exact) mass is 330 g/mol. The molecule has 0 radical (unpaired) electrons. The van der Waals surface area contributed by atoms with E-state index in [1.807, 2.05) is 42.3 Å². The molecule has 1 aliphatic heterocycles. The molecule has 1 aromatic carbocycles. The quantitative estimate of drug-likeness (QED) is 0.721. The average Bonchev–Trinajstić information content (AvgIpc) is 2.98. The fourth-order valence-electron chi connectivity index (χ4n) is 4.20. The second-order valence-electron chi connectivity index (χ2n) is 7.47. The molecule has 3 rings (SSSR count). The van der Waals surface area contributed by atoms with Gasteiger partial charge < -0.3 is 14.5 Å². The first-order chi connectivity index (χ1) is 11.6. The highest BCUT2D eigenvalue weighted by atomic mass is 16.5. The van der Waals surface area contributed by atoms with Gasteiger partial charge in [0, 0.05) is 26.1 Å². The molecule has 0 unspecified atom stereocenters. The average molecular weight is 330 g/mol. The number of piperidine rings is 1. The number of amides is 1. The minimum Gasteiger partial charge on any atom is -0.494 e. The van der Waals surface area contributed by atoms with E-state index in [0.717, 1.165) is 44.7 Å². The summed E-state index contributed by atoms with van der Waals surface area (Å²) in [5.74, 6) is 2.61. The van der Waals surface area contributed by atoms with E-state index >= 15 is 0 Å². The summed E-state index contributed by atoms with van der Waals surface area (Å²) in [6.07, 6.45) is 5.45. The summed E-state index contributed by atoms with van der Waals surface area (Å²) < 4.78 is 5.75. The molecule has 1 saturated carbocycles. The van der Waals surface area contributed by atoms with Crippen LogP contribution in [0.5, 0.6) is 5.75 Å². The Morgan fingerprint density at radius 3 is 2.71 bits per heavy atom. The summed E-state index contributed by atoms with van der Waals surface area (Å²) >= 11 is 0. The van der Waals surface area contributed by atoms with Crippen molar-refractivity contribution in [3.8, 4) is 5.75 Å². The normalized spacial score (nSPS) is 26.7. The summed E-state index contributed by atoms with van der Waals surface area (Å²) in [5.41, 5.74) is 0. The Labute approximate surface area is 145 Å². The first-order valence-electron chi connectivity index (χ1n) is 9.25. The summed E-state index contributed by atoms with van der Waals surface area (Å²) in [6.45, 7) is 2.86. The van der Waals surface area contributed by atoms with Crippen LogP contribution in [0.4, 0.5) is 0 Å². The van der Waals surface area contributed by atoms with Gasteiger partial charge in [-0.3, -0.25) is 4.79 Å². The Morgan fingerprint density at radius 1 is 1.17 bits per heavy atom. The number of likely N-dealkylation sites (tertiary alicyclic amines) is 1.